The number of nitrogens with zero attached hydrogens (tertiary/aromatic N) is 4. The minimum Gasteiger partial charge on any atom is -0.478 e. The maximum atomic E-state index is 6.57. The molecule has 296 valence electrons. The smallest absolute Gasteiger partial charge is 0.236 e. The fourth-order valence-corrected chi connectivity index (χ4v) is 10.9. The van der Waals surface area contributed by atoms with Crippen LogP contribution in [0.5, 0.6) is 47.0 Å². The highest BCUT2D eigenvalue weighted by Crippen LogP contribution is 2.35. The van der Waals surface area contributed by atoms with Gasteiger partial charge in [0.05, 0.1) is 73.6 Å². The first-order valence-corrected chi connectivity index (χ1v) is 21.4. The Hall–Kier alpha value is -4.54. The number of rotatable bonds is 28. The molecule has 0 fully saturated rings. The molecule has 0 aromatic carbocycles. The molecule has 0 aliphatic heterocycles. The van der Waals surface area contributed by atoms with E-state index in [9.17, 15) is 0 Å². The molecule has 0 radical (unpaired) electrons. The average molecular weight is 761 g/mol. The number of aromatic amines is 4. The molecule has 0 aliphatic carbocycles. The topological polar surface area (TPSA) is 189 Å². The Labute approximate surface area is 313 Å². The van der Waals surface area contributed by atoms with Gasteiger partial charge in [0, 0.05) is 0 Å². The van der Waals surface area contributed by atoms with Gasteiger partial charge in [-0.2, -0.15) is 0 Å². The van der Waals surface area contributed by atoms with Gasteiger partial charge >= 0.3 is 0 Å². The summed E-state index contributed by atoms with van der Waals surface area (Å²) in [4.78, 5) is 0. The summed E-state index contributed by atoms with van der Waals surface area (Å²) in [7, 11) is -4.22. The number of hydrogen-bond donors (Lipinski definition) is 4. The molecule has 17 heteroatoms. The van der Waals surface area contributed by atoms with Gasteiger partial charge in [0.15, 0.2) is 0 Å². The van der Waals surface area contributed by atoms with E-state index in [-0.39, 0.29) is 0 Å². The van der Waals surface area contributed by atoms with Crippen LogP contribution in [0.15, 0.2) is 0 Å². The third-order valence-corrected chi connectivity index (χ3v) is 12.6. The predicted molar refractivity (Wildman–Crippen MR) is 205 cm³/mol. The maximum absolute atomic E-state index is 6.57. The van der Waals surface area contributed by atoms with Gasteiger partial charge in [-0.3, -0.25) is 0 Å². The van der Waals surface area contributed by atoms with Gasteiger partial charge in [0.1, 0.15) is 0 Å². The number of H-pyrrole nitrogens is 4. The first kappa shape index (κ1) is 41.2. The quantitative estimate of drug-likeness (QED) is 0.0603. The van der Waals surface area contributed by atoms with E-state index in [1.54, 1.807) is 0 Å². The Kier molecular flexibility index (Phi) is 16.5. The Balaban J connectivity index is 2.40. The van der Waals surface area contributed by atoms with E-state index in [0.29, 0.717) is 121 Å². The van der Waals surface area contributed by atoms with Crippen molar-refractivity contribution < 1.29 is 37.9 Å². The van der Waals surface area contributed by atoms with E-state index < -0.39 is 8.07 Å². The van der Waals surface area contributed by atoms with Gasteiger partial charge < -0.3 is 37.9 Å². The fraction of sp³-hybridized carbons (Fsp3) is 0.667. The van der Waals surface area contributed by atoms with Crippen LogP contribution in [0.4, 0.5) is 0 Å². The number of aromatic nitrogens is 8. The van der Waals surface area contributed by atoms with Crippen molar-refractivity contribution in [2.45, 2.75) is 107 Å². The summed E-state index contributed by atoms with van der Waals surface area (Å²) in [5.41, 5.74) is 0. The van der Waals surface area contributed by atoms with Crippen molar-refractivity contribution in [1.29, 1.82) is 0 Å². The van der Waals surface area contributed by atoms with E-state index in [2.05, 4.69) is 20.4 Å². The molecule has 0 unspecified atom stereocenters. The van der Waals surface area contributed by atoms with E-state index >= 15 is 0 Å². The maximum Gasteiger partial charge on any atom is 0.236 e. The lowest BCUT2D eigenvalue weighted by Crippen LogP contribution is -2.75. The molecule has 53 heavy (non-hydrogen) atoms. The number of nitrogens with one attached hydrogen (secondary N) is 4. The van der Waals surface area contributed by atoms with Crippen LogP contribution in [0.3, 0.4) is 0 Å². The molecule has 0 aliphatic rings. The van der Waals surface area contributed by atoms with Gasteiger partial charge in [0.2, 0.25) is 55.1 Å². The zero-order valence-corrected chi connectivity index (χ0v) is 33.9. The summed E-state index contributed by atoms with van der Waals surface area (Å²) >= 11 is 0. The normalized spacial score (nSPS) is 11.5. The molecule has 4 aromatic heterocycles. The zero-order chi connectivity index (χ0) is 38.1. The number of hydrogen-bond acceptors (Lipinski definition) is 12. The minimum atomic E-state index is -4.22. The molecular weight excluding hydrogens is 701 g/mol. The van der Waals surface area contributed by atoms with Crippen LogP contribution >= 0.6 is 0 Å². The van der Waals surface area contributed by atoms with Crippen LogP contribution in [-0.2, 0) is 0 Å². The van der Waals surface area contributed by atoms with Gasteiger partial charge in [-0.15, -0.1) is 20.4 Å². The van der Waals surface area contributed by atoms with E-state index in [1.165, 1.54) is 0 Å². The molecule has 0 spiro atoms. The van der Waals surface area contributed by atoms with Crippen molar-refractivity contribution in [3.05, 3.63) is 0 Å². The number of ether oxygens (including phenoxy) is 8. The van der Waals surface area contributed by atoms with Crippen molar-refractivity contribution >= 4 is 28.8 Å². The summed E-state index contributed by atoms with van der Waals surface area (Å²) in [5, 5.41) is 34.2. The Morgan fingerprint density at radius 3 is 0.698 bits per heavy atom. The molecule has 0 bridgehead atoms. The van der Waals surface area contributed by atoms with E-state index in [4.69, 9.17) is 58.3 Å². The highest BCUT2D eigenvalue weighted by molar-refractivity contribution is 7.22. The van der Waals surface area contributed by atoms with Crippen LogP contribution in [0.2, 0.25) is 0 Å². The largest absolute Gasteiger partial charge is 0.478 e. The molecule has 16 nitrogen and oxygen atoms in total. The van der Waals surface area contributed by atoms with Crippen LogP contribution in [0, 0.1) is 0 Å². The predicted octanol–water partition coefficient (Wildman–Crippen LogP) is 4.27. The summed E-state index contributed by atoms with van der Waals surface area (Å²) in [6.07, 6.45) is 5.88. The molecule has 4 heterocycles. The van der Waals surface area contributed by atoms with Crippen molar-refractivity contribution in [3.63, 3.8) is 0 Å². The fourth-order valence-electron chi connectivity index (χ4n) is 5.76. The lowest BCUT2D eigenvalue weighted by atomic mass is 10.5. The second-order valence-corrected chi connectivity index (χ2v) is 16.0. The molecule has 4 rings (SSSR count). The molecule has 4 N–H and O–H groups in total. The third-order valence-electron chi connectivity index (χ3n) is 7.87. The highest BCUT2D eigenvalue weighted by Gasteiger charge is 2.61. The van der Waals surface area contributed by atoms with Crippen LogP contribution in [-0.4, -0.2) is 102 Å². The standard InChI is InChI=1S/C36H60N8O8Si/c1-9-17-45-29-25(30(38-37-29)46-18-10-2)53(26-31(47-19-11-3)39-40-32(26)48-20-12-4,27-33(49-21-13-5)41-42-34(27)50-22-14-6)28-35(51-23-15-7)43-44-36(28)52-24-16-8/h9-24H2,1-8H3,(H,37,38)(H,39,40)(H,41,42)(H,43,44). The van der Waals surface area contributed by atoms with Gasteiger partial charge in [-0.25, -0.2) is 20.4 Å². The third kappa shape index (κ3) is 9.16. The Bertz CT molecular complexity index is 1300. The van der Waals surface area contributed by atoms with Gasteiger partial charge in [0.25, 0.3) is 0 Å². The van der Waals surface area contributed by atoms with Gasteiger partial charge in [-0.1, -0.05) is 55.4 Å². The zero-order valence-electron chi connectivity index (χ0n) is 32.9. The Morgan fingerprint density at radius 2 is 0.509 bits per heavy atom. The summed E-state index contributed by atoms with van der Waals surface area (Å²) in [6.45, 7) is 19.5. The first-order chi connectivity index (χ1) is 26.0. The van der Waals surface area contributed by atoms with E-state index in [0.717, 1.165) is 51.4 Å². The summed E-state index contributed by atoms with van der Waals surface area (Å²) in [5.74, 6) is 2.85. The highest BCUT2D eigenvalue weighted by atomic mass is 28.3. The molecule has 0 atom stereocenters. The lowest BCUT2D eigenvalue weighted by Gasteiger charge is -2.33. The van der Waals surface area contributed by atoms with Crippen LogP contribution in [0.1, 0.15) is 107 Å². The molecule has 4 aromatic rings. The Morgan fingerprint density at radius 1 is 0.321 bits per heavy atom. The monoisotopic (exact) mass is 760 g/mol. The van der Waals surface area contributed by atoms with Crippen LogP contribution in [0.25, 0.3) is 0 Å². The molecule has 0 saturated heterocycles. The SMILES string of the molecule is CCCOc1n[nH]c(OCCC)c1[Si](c1c(OCCC)n[nH]c1OCCC)(c1c(OCCC)n[nH]c1OCCC)c1c(OCCC)n[nH]c1OCCC. The summed E-state index contributed by atoms with van der Waals surface area (Å²) < 4.78 is 52.5. The molecule has 0 saturated carbocycles. The van der Waals surface area contributed by atoms with E-state index in [1.807, 2.05) is 55.4 Å². The first-order valence-electron chi connectivity index (χ1n) is 19.4. The average Bonchev–Trinajstić information content (AvgIpc) is 3.98. The van der Waals surface area contributed by atoms with Crippen molar-refractivity contribution in [3.8, 4) is 47.0 Å². The molecular formula is C36H60N8O8Si. The van der Waals surface area contributed by atoms with Gasteiger partial charge in [-0.05, 0) is 51.4 Å². The van der Waals surface area contributed by atoms with Crippen molar-refractivity contribution in [1.82, 2.24) is 40.8 Å². The minimum absolute atomic E-state index is 0.321. The molecule has 0 amide bonds. The summed E-state index contributed by atoms with van der Waals surface area (Å²) in [6, 6.07) is 0. The second kappa shape index (κ2) is 21.2. The van der Waals surface area contributed by atoms with Crippen LogP contribution < -0.4 is 58.6 Å². The van der Waals surface area contributed by atoms with Crippen molar-refractivity contribution in [2.75, 3.05) is 52.9 Å². The second-order valence-electron chi connectivity index (χ2n) is 12.5. The van der Waals surface area contributed by atoms with Crippen molar-refractivity contribution in [2.24, 2.45) is 0 Å². The lowest BCUT2D eigenvalue weighted by molar-refractivity contribution is 0.303.